The Bertz CT molecular complexity index is 866. The predicted octanol–water partition coefficient (Wildman–Crippen LogP) is 2.26. The van der Waals surface area contributed by atoms with E-state index in [2.05, 4.69) is 9.73 Å². The van der Waals surface area contributed by atoms with Gasteiger partial charge >= 0.3 is 5.97 Å². The summed E-state index contributed by atoms with van der Waals surface area (Å²) in [5.41, 5.74) is 0.529. The van der Waals surface area contributed by atoms with Gasteiger partial charge in [0, 0.05) is 18.6 Å². The van der Waals surface area contributed by atoms with Crippen molar-refractivity contribution in [2.24, 2.45) is 10.9 Å². The lowest BCUT2D eigenvalue weighted by Crippen LogP contribution is -2.22. The van der Waals surface area contributed by atoms with Crippen molar-refractivity contribution in [3.63, 3.8) is 0 Å². The minimum absolute atomic E-state index is 0.0611. The fourth-order valence-electron chi connectivity index (χ4n) is 2.11. The van der Waals surface area contributed by atoms with Gasteiger partial charge in [0.25, 0.3) is 5.69 Å². The molecule has 1 heterocycles. The van der Waals surface area contributed by atoms with Crippen LogP contribution in [0.4, 0.5) is 5.69 Å². The average Bonchev–Trinajstić information content (AvgIpc) is 2.82. The fraction of sp³-hybridized carbons (Fsp3) is 0.400. The molecule has 1 aromatic carbocycles. The Balaban J connectivity index is 2.60. The molecule has 1 aromatic heterocycles. The summed E-state index contributed by atoms with van der Waals surface area (Å²) in [6.07, 6.45) is 0.284. The molecule has 0 N–H and O–H groups in total. The normalized spacial score (nSPS) is 11.9. The topological polar surface area (TPSA) is 104 Å². The van der Waals surface area contributed by atoms with E-state index < -0.39 is 10.9 Å². The molecule has 2 rings (SSSR count). The van der Waals surface area contributed by atoms with E-state index in [1.165, 1.54) is 23.8 Å². The number of aromatic nitrogens is 1. The molecule has 24 heavy (non-hydrogen) atoms. The quantitative estimate of drug-likeness (QED) is 0.467. The van der Waals surface area contributed by atoms with E-state index in [-0.39, 0.29) is 30.5 Å². The molecule has 1 amide bonds. The van der Waals surface area contributed by atoms with Crippen LogP contribution in [0.3, 0.4) is 0 Å². The summed E-state index contributed by atoms with van der Waals surface area (Å²) in [6.45, 7) is 3.69. The van der Waals surface area contributed by atoms with Gasteiger partial charge in [-0.1, -0.05) is 25.2 Å². The summed E-state index contributed by atoms with van der Waals surface area (Å²) in [4.78, 5) is 38.4. The third-order valence-corrected chi connectivity index (χ3v) is 4.24. The summed E-state index contributed by atoms with van der Waals surface area (Å²) in [6, 6.07) is 4.29. The molecule has 0 fully saturated rings. The Morgan fingerprint density at radius 2 is 2.12 bits per heavy atom. The Morgan fingerprint density at radius 1 is 1.42 bits per heavy atom. The first kappa shape index (κ1) is 17.8. The highest BCUT2D eigenvalue weighted by Crippen LogP contribution is 2.23. The summed E-state index contributed by atoms with van der Waals surface area (Å²) in [7, 11) is 1.27. The van der Waals surface area contributed by atoms with Crippen molar-refractivity contribution in [1.29, 1.82) is 0 Å². The number of fused-ring (bicyclic) bond motifs is 1. The van der Waals surface area contributed by atoms with Crippen LogP contribution in [0.25, 0.3) is 10.2 Å². The van der Waals surface area contributed by atoms with E-state index >= 15 is 0 Å². The molecular weight excluding hydrogens is 334 g/mol. The monoisotopic (exact) mass is 351 g/mol. The zero-order valence-electron chi connectivity index (χ0n) is 13.5. The number of hydrogen-bond acceptors (Lipinski definition) is 6. The standard InChI is InChI=1S/C15H17N3O5S/c1-9(2)6-13(19)16-15-17(8-14(20)23-3)11-5-4-10(18(21)22)7-12(11)24-15/h4-5,7,9H,6,8H2,1-3H3. The molecule has 8 nitrogen and oxygen atoms in total. The van der Waals surface area contributed by atoms with Gasteiger partial charge in [-0.2, -0.15) is 4.99 Å². The fourth-order valence-corrected chi connectivity index (χ4v) is 3.19. The van der Waals surface area contributed by atoms with Crippen LogP contribution in [0.15, 0.2) is 23.2 Å². The van der Waals surface area contributed by atoms with Crippen molar-refractivity contribution in [2.45, 2.75) is 26.8 Å². The maximum Gasteiger partial charge on any atom is 0.325 e. The highest BCUT2D eigenvalue weighted by Gasteiger charge is 2.15. The highest BCUT2D eigenvalue weighted by atomic mass is 32.1. The molecule has 0 bridgehead atoms. The number of ether oxygens (including phenoxy) is 1. The summed E-state index contributed by atoms with van der Waals surface area (Å²) in [5, 5.41) is 10.9. The molecule has 0 radical (unpaired) electrons. The lowest BCUT2D eigenvalue weighted by molar-refractivity contribution is -0.384. The zero-order valence-corrected chi connectivity index (χ0v) is 14.3. The first-order chi connectivity index (χ1) is 11.3. The second-order valence-electron chi connectivity index (χ2n) is 5.56. The number of hydrogen-bond donors (Lipinski definition) is 0. The molecule has 0 saturated carbocycles. The van der Waals surface area contributed by atoms with Gasteiger partial charge < -0.3 is 9.30 Å². The predicted molar refractivity (Wildman–Crippen MR) is 88.5 cm³/mol. The van der Waals surface area contributed by atoms with Crippen molar-refractivity contribution in [2.75, 3.05) is 7.11 Å². The van der Waals surface area contributed by atoms with Gasteiger partial charge in [0.15, 0.2) is 4.80 Å². The molecule has 0 saturated heterocycles. The summed E-state index contributed by atoms with van der Waals surface area (Å²) < 4.78 is 6.78. The van der Waals surface area contributed by atoms with Gasteiger partial charge in [-0.15, -0.1) is 0 Å². The molecule has 128 valence electrons. The van der Waals surface area contributed by atoms with E-state index in [0.29, 0.717) is 15.0 Å². The van der Waals surface area contributed by atoms with Crippen LogP contribution in [0.5, 0.6) is 0 Å². The van der Waals surface area contributed by atoms with Gasteiger partial charge in [0.2, 0.25) is 5.91 Å². The van der Waals surface area contributed by atoms with E-state index in [1.807, 2.05) is 13.8 Å². The number of nitro groups is 1. The van der Waals surface area contributed by atoms with Crippen LogP contribution in [0.2, 0.25) is 0 Å². The SMILES string of the molecule is COC(=O)Cn1c(=NC(=O)CC(C)C)sc2cc([N+](=O)[O-])ccc21. The molecule has 2 aromatic rings. The maximum absolute atomic E-state index is 12.0. The van der Waals surface area contributed by atoms with Crippen LogP contribution in [-0.4, -0.2) is 28.5 Å². The number of nitrogens with zero attached hydrogens (tertiary/aromatic N) is 3. The number of amides is 1. The van der Waals surface area contributed by atoms with E-state index in [1.54, 1.807) is 6.07 Å². The number of carbonyl (C=O) groups is 2. The van der Waals surface area contributed by atoms with Crippen molar-refractivity contribution in [3.8, 4) is 0 Å². The van der Waals surface area contributed by atoms with E-state index in [4.69, 9.17) is 0 Å². The van der Waals surface area contributed by atoms with E-state index in [9.17, 15) is 19.7 Å². The average molecular weight is 351 g/mol. The Hall–Kier alpha value is -2.55. The second-order valence-corrected chi connectivity index (χ2v) is 6.57. The van der Waals surface area contributed by atoms with Gasteiger partial charge in [0.05, 0.1) is 22.2 Å². The van der Waals surface area contributed by atoms with E-state index in [0.717, 1.165) is 11.3 Å². The lowest BCUT2D eigenvalue weighted by atomic mass is 10.1. The third-order valence-electron chi connectivity index (χ3n) is 3.20. The van der Waals surface area contributed by atoms with Crippen LogP contribution >= 0.6 is 11.3 Å². The first-order valence-corrected chi connectivity index (χ1v) is 8.05. The van der Waals surface area contributed by atoms with Crippen molar-refractivity contribution in [3.05, 3.63) is 33.1 Å². The molecule has 0 aliphatic heterocycles. The molecule has 0 atom stereocenters. The smallest absolute Gasteiger partial charge is 0.325 e. The largest absolute Gasteiger partial charge is 0.468 e. The number of nitro benzene ring substituents is 1. The Labute approximate surface area is 141 Å². The molecular formula is C15H17N3O5S. The minimum atomic E-state index is -0.495. The molecule has 9 heteroatoms. The molecule has 0 spiro atoms. The van der Waals surface area contributed by atoms with Crippen LogP contribution in [0, 0.1) is 16.0 Å². The van der Waals surface area contributed by atoms with Crippen molar-refractivity contribution in [1.82, 2.24) is 4.57 Å². The number of methoxy groups -OCH3 is 1. The number of thiazole rings is 1. The molecule has 0 aliphatic carbocycles. The lowest BCUT2D eigenvalue weighted by Gasteiger charge is -2.03. The number of carbonyl (C=O) groups excluding carboxylic acids is 2. The Morgan fingerprint density at radius 3 is 2.71 bits per heavy atom. The van der Waals surface area contributed by atoms with Crippen molar-refractivity contribution >= 4 is 39.1 Å². The van der Waals surface area contributed by atoms with Gasteiger partial charge in [-0.25, -0.2) is 0 Å². The van der Waals surface area contributed by atoms with Gasteiger partial charge in [-0.3, -0.25) is 19.7 Å². The first-order valence-electron chi connectivity index (χ1n) is 7.24. The van der Waals surface area contributed by atoms with Crippen LogP contribution in [-0.2, 0) is 20.9 Å². The molecule has 0 aliphatic rings. The maximum atomic E-state index is 12.0. The highest BCUT2D eigenvalue weighted by molar-refractivity contribution is 7.16. The number of rotatable bonds is 5. The Kier molecular flexibility index (Phi) is 5.45. The zero-order chi connectivity index (χ0) is 17.9. The number of benzene rings is 1. The van der Waals surface area contributed by atoms with Crippen LogP contribution < -0.4 is 4.80 Å². The second kappa shape index (κ2) is 7.35. The van der Waals surface area contributed by atoms with Gasteiger partial charge in [0.1, 0.15) is 6.54 Å². The minimum Gasteiger partial charge on any atom is -0.468 e. The van der Waals surface area contributed by atoms with Crippen molar-refractivity contribution < 1.29 is 19.2 Å². The van der Waals surface area contributed by atoms with Crippen LogP contribution in [0.1, 0.15) is 20.3 Å². The molecule has 0 unspecified atom stereocenters. The number of esters is 1. The summed E-state index contributed by atoms with van der Waals surface area (Å²) >= 11 is 1.13. The number of non-ortho nitro benzene ring substituents is 1. The van der Waals surface area contributed by atoms with Gasteiger partial charge in [-0.05, 0) is 12.0 Å². The third kappa shape index (κ3) is 4.05. The summed E-state index contributed by atoms with van der Waals surface area (Å²) in [5.74, 6) is -0.638.